The number of aromatic nitrogens is 4. The predicted octanol–water partition coefficient (Wildman–Crippen LogP) is 6.51. The van der Waals surface area contributed by atoms with Gasteiger partial charge in [0.2, 0.25) is 5.89 Å². The molecule has 0 spiro atoms. The average Bonchev–Trinajstić information content (AvgIpc) is 3.92. The molecule has 9 rings (SSSR count). The Bertz CT molecular complexity index is 2570. The van der Waals surface area contributed by atoms with Gasteiger partial charge in [-0.25, -0.2) is 9.55 Å². The largest absolute Gasteiger partial charge is 1.00 e. The van der Waals surface area contributed by atoms with E-state index in [1.807, 2.05) is 66.7 Å². The van der Waals surface area contributed by atoms with E-state index in [9.17, 15) is 0 Å². The number of aryl methyl sites for hydroxylation is 1. The molecule has 0 amide bonds. The molecule has 5 aromatic carbocycles. The molecule has 0 bridgehead atoms. The average molecular weight is 799 g/mol. The number of halogens is 1. The summed E-state index contributed by atoms with van der Waals surface area (Å²) in [6.45, 7) is 5.92. The van der Waals surface area contributed by atoms with Crippen molar-refractivity contribution in [1.82, 2.24) is 14.5 Å². The molecule has 0 N–H and O–H groups in total. The van der Waals surface area contributed by atoms with E-state index in [0.29, 0.717) is 17.2 Å². The van der Waals surface area contributed by atoms with Crippen LogP contribution in [-0.4, -0.2) is 28.1 Å². The van der Waals surface area contributed by atoms with Gasteiger partial charge >= 0.3 is 6.08 Å². The van der Waals surface area contributed by atoms with Crippen molar-refractivity contribution in [2.75, 3.05) is 23.4 Å². The second kappa shape index (κ2) is 13.7. The molecule has 0 saturated carbocycles. The smallest absolute Gasteiger partial charge is 0.400 e. The van der Waals surface area contributed by atoms with E-state index in [-0.39, 0.29) is 30.1 Å². The summed E-state index contributed by atoms with van der Waals surface area (Å²) >= 11 is 0. The van der Waals surface area contributed by atoms with Crippen LogP contribution in [-0.2, 0) is 6.54 Å². The van der Waals surface area contributed by atoms with Crippen molar-refractivity contribution in [2.45, 2.75) is 20.4 Å². The molecule has 1 aliphatic rings. The lowest BCUT2D eigenvalue weighted by Gasteiger charge is -2.20. The van der Waals surface area contributed by atoms with Gasteiger partial charge in [-0.15, -0.1) is 0 Å². The summed E-state index contributed by atoms with van der Waals surface area (Å²) in [5, 5.41) is 0. The number of para-hydroxylation sites is 5. The standard InChI is InChI=1S/C42H35N6O3.HI/c1-4-46-33-25-23-30(49-42-44-32-17-10-12-19-38(32)51-42)27-35(33)45(3)39(46)20-13-21-40-47(5-2)36-26-28(41-43-31-16-9-11-18-37(31)50-41)22-24-34(36)48(40)29-14-7-6-8-15-29;/h6-27H,4-5H2,1-3H3;1H/q+1;/p-1. The summed E-state index contributed by atoms with van der Waals surface area (Å²) in [5.41, 5.74) is 9.46. The second-order valence-corrected chi connectivity index (χ2v) is 12.4. The van der Waals surface area contributed by atoms with Crippen molar-refractivity contribution in [3.8, 4) is 29.0 Å². The third kappa shape index (κ3) is 5.69. The Kier molecular flexibility index (Phi) is 8.76. The molecule has 0 saturated heterocycles. The van der Waals surface area contributed by atoms with E-state index in [2.05, 4.69) is 112 Å². The van der Waals surface area contributed by atoms with Crippen LogP contribution in [0, 0.1) is 0 Å². The van der Waals surface area contributed by atoms with Crippen LogP contribution in [0.1, 0.15) is 19.7 Å². The molecular formula is C42H35IN6O3. The zero-order chi connectivity index (χ0) is 34.5. The fourth-order valence-corrected chi connectivity index (χ4v) is 7.01. The van der Waals surface area contributed by atoms with E-state index >= 15 is 0 Å². The van der Waals surface area contributed by atoms with Crippen LogP contribution in [0.5, 0.6) is 11.8 Å². The normalized spacial score (nSPS) is 13.6. The van der Waals surface area contributed by atoms with Crippen molar-refractivity contribution in [2.24, 2.45) is 0 Å². The third-order valence-electron chi connectivity index (χ3n) is 9.39. The quantitative estimate of drug-likeness (QED) is 0.128. The van der Waals surface area contributed by atoms with Gasteiger partial charge in [0, 0.05) is 37.4 Å². The third-order valence-corrected chi connectivity index (χ3v) is 9.39. The van der Waals surface area contributed by atoms with Crippen molar-refractivity contribution >= 4 is 50.7 Å². The minimum Gasteiger partial charge on any atom is -1.00 e. The van der Waals surface area contributed by atoms with E-state index in [0.717, 1.165) is 75.0 Å². The van der Waals surface area contributed by atoms with Gasteiger partial charge in [0.25, 0.3) is 5.82 Å². The first-order valence-electron chi connectivity index (χ1n) is 17.2. The molecule has 1 aliphatic heterocycles. The van der Waals surface area contributed by atoms with Crippen LogP contribution in [0.4, 0.5) is 11.4 Å². The number of ether oxygens (including phenoxy) is 1. The fraction of sp³-hybridized carbons (Fsp3) is 0.119. The number of allylic oxidation sites excluding steroid dienone is 2. The summed E-state index contributed by atoms with van der Waals surface area (Å²) in [6.07, 6.45) is 6.72. The van der Waals surface area contributed by atoms with Gasteiger partial charge < -0.3 is 47.3 Å². The van der Waals surface area contributed by atoms with E-state index in [1.54, 1.807) is 0 Å². The Morgan fingerprint density at radius 3 is 2.23 bits per heavy atom. The minimum atomic E-state index is 0. The highest BCUT2D eigenvalue weighted by Gasteiger charge is 2.29. The Morgan fingerprint density at radius 1 is 0.769 bits per heavy atom. The first-order chi connectivity index (χ1) is 25.1. The predicted molar refractivity (Wildman–Crippen MR) is 201 cm³/mol. The SMILES string of the molecule is CCN1/C(=C\C=C\c2n(-c3ccccc3)c3ccc(-c4nc5ccccc5o4)cc3[n+]2CC)N(C)c2cc(Oc3nc4ccccc4o3)ccc21.[I-]. The summed E-state index contributed by atoms with van der Waals surface area (Å²) < 4.78 is 22.7. The maximum atomic E-state index is 6.15. The number of fused-ring (bicyclic) bond motifs is 4. The van der Waals surface area contributed by atoms with Crippen molar-refractivity contribution < 1.29 is 42.1 Å². The number of anilines is 2. The molecule has 0 radical (unpaired) electrons. The first kappa shape index (κ1) is 33.3. The molecule has 52 heavy (non-hydrogen) atoms. The van der Waals surface area contributed by atoms with Crippen LogP contribution in [0.3, 0.4) is 0 Å². The van der Waals surface area contributed by atoms with E-state index < -0.39 is 0 Å². The molecule has 10 heteroatoms. The summed E-state index contributed by atoms with van der Waals surface area (Å²) in [5.74, 6) is 3.39. The zero-order valence-electron chi connectivity index (χ0n) is 28.9. The highest BCUT2D eigenvalue weighted by Crippen LogP contribution is 2.43. The van der Waals surface area contributed by atoms with Crippen molar-refractivity contribution in [3.05, 3.63) is 139 Å². The number of oxazole rings is 2. The lowest BCUT2D eigenvalue weighted by molar-refractivity contribution is -0.670. The van der Waals surface area contributed by atoms with E-state index in [1.165, 1.54) is 0 Å². The van der Waals surface area contributed by atoms with Gasteiger partial charge in [-0.05, 0) is 80.6 Å². The molecule has 9 nitrogen and oxygen atoms in total. The van der Waals surface area contributed by atoms with Gasteiger partial charge in [-0.1, -0.05) is 48.5 Å². The lowest BCUT2D eigenvalue weighted by atomic mass is 10.2. The number of benzene rings is 5. The molecule has 0 unspecified atom stereocenters. The van der Waals surface area contributed by atoms with Crippen molar-refractivity contribution in [3.63, 3.8) is 0 Å². The maximum Gasteiger partial charge on any atom is 0.400 e. The second-order valence-electron chi connectivity index (χ2n) is 12.4. The number of nitrogens with zero attached hydrogens (tertiary/aromatic N) is 6. The summed E-state index contributed by atoms with van der Waals surface area (Å²) in [7, 11) is 2.08. The Balaban J connectivity index is 0.00000387. The lowest BCUT2D eigenvalue weighted by Crippen LogP contribution is -3.00. The number of hydrogen-bond acceptors (Lipinski definition) is 7. The van der Waals surface area contributed by atoms with Gasteiger partial charge in [0.15, 0.2) is 22.2 Å². The Labute approximate surface area is 317 Å². The fourth-order valence-electron chi connectivity index (χ4n) is 7.01. The molecule has 258 valence electrons. The first-order valence-corrected chi connectivity index (χ1v) is 17.2. The van der Waals surface area contributed by atoms with Gasteiger partial charge in [0.05, 0.1) is 17.9 Å². The van der Waals surface area contributed by atoms with Crippen LogP contribution in [0.2, 0.25) is 0 Å². The van der Waals surface area contributed by atoms with Crippen LogP contribution >= 0.6 is 0 Å². The van der Waals surface area contributed by atoms with E-state index in [4.69, 9.17) is 18.6 Å². The molecule has 3 aromatic heterocycles. The van der Waals surface area contributed by atoms with Gasteiger partial charge in [0.1, 0.15) is 28.3 Å². The number of hydrogen-bond donors (Lipinski definition) is 0. The van der Waals surface area contributed by atoms with Gasteiger partial charge in [-0.2, -0.15) is 9.55 Å². The van der Waals surface area contributed by atoms with Crippen LogP contribution in [0.15, 0.2) is 142 Å². The maximum absolute atomic E-state index is 6.15. The van der Waals surface area contributed by atoms with Gasteiger partial charge in [-0.3, -0.25) is 0 Å². The molecule has 0 fully saturated rings. The molecule has 0 atom stereocenters. The van der Waals surface area contributed by atoms with Crippen LogP contribution < -0.4 is 43.1 Å². The van der Waals surface area contributed by atoms with Crippen LogP contribution in [0.25, 0.3) is 56.5 Å². The molecule has 0 aliphatic carbocycles. The molecule has 4 heterocycles. The number of imidazole rings is 1. The Hall–Kier alpha value is -5.88. The number of rotatable bonds is 8. The molecular weight excluding hydrogens is 763 g/mol. The highest BCUT2D eigenvalue weighted by molar-refractivity contribution is 5.85. The summed E-state index contributed by atoms with van der Waals surface area (Å²) in [6, 6.07) is 38.5. The zero-order valence-corrected chi connectivity index (χ0v) is 31.1. The monoisotopic (exact) mass is 798 g/mol. The minimum absolute atomic E-state index is 0. The van der Waals surface area contributed by atoms with Crippen molar-refractivity contribution in [1.29, 1.82) is 0 Å². The Morgan fingerprint density at radius 2 is 1.50 bits per heavy atom. The topological polar surface area (TPSA) is 76.6 Å². The highest BCUT2D eigenvalue weighted by atomic mass is 127. The molecule has 8 aromatic rings. The summed E-state index contributed by atoms with van der Waals surface area (Å²) in [4.78, 5) is 13.7.